The molecule has 130 valence electrons. The molecule has 25 heavy (non-hydrogen) atoms. The first-order valence-electron chi connectivity index (χ1n) is 7.87. The third-order valence-corrected chi connectivity index (χ3v) is 3.76. The highest BCUT2D eigenvalue weighted by atomic mass is 19.4. The van der Waals surface area contributed by atoms with Gasteiger partial charge in [0.05, 0.1) is 0 Å². The molecule has 0 N–H and O–H groups in total. The van der Waals surface area contributed by atoms with E-state index in [1.54, 1.807) is 18.2 Å². The molecule has 0 amide bonds. The van der Waals surface area contributed by atoms with Gasteiger partial charge in [-0.05, 0) is 42.8 Å². The molecule has 2 aromatic carbocycles. The molecule has 0 spiro atoms. The van der Waals surface area contributed by atoms with Gasteiger partial charge in [0, 0.05) is 12.0 Å². The second-order valence-corrected chi connectivity index (χ2v) is 5.77. The quantitative estimate of drug-likeness (QED) is 0.708. The van der Waals surface area contributed by atoms with Gasteiger partial charge in [0.15, 0.2) is 0 Å². The van der Waals surface area contributed by atoms with Crippen molar-refractivity contribution in [2.45, 2.75) is 25.8 Å². The third-order valence-electron chi connectivity index (χ3n) is 3.76. The van der Waals surface area contributed by atoms with Gasteiger partial charge >= 0.3 is 6.36 Å². The summed E-state index contributed by atoms with van der Waals surface area (Å²) in [4.78, 5) is 0. The highest BCUT2D eigenvalue weighted by Crippen LogP contribution is 2.34. The van der Waals surface area contributed by atoms with E-state index in [4.69, 9.17) is 4.74 Å². The SMILES string of the molecule is Cc1ccc(OC(F)(F)F)c(C2=CCC(Oc3ccccc3)C=C2)c1. The van der Waals surface area contributed by atoms with Crippen LogP contribution in [-0.2, 0) is 0 Å². The lowest BCUT2D eigenvalue weighted by molar-refractivity contribution is -0.274. The topological polar surface area (TPSA) is 18.5 Å². The Kier molecular flexibility index (Phi) is 4.83. The van der Waals surface area contributed by atoms with Gasteiger partial charge in [-0.25, -0.2) is 0 Å². The molecular weight excluding hydrogens is 329 g/mol. The number of allylic oxidation sites excluding steroid dienone is 2. The van der Waals surface area contributed by atoms with Crippen LogP contribution >= 0.6 is 0 Å². The average Bonchev–Trinajstić information content (AvgIpc) is 2.57. The first-order chi connectivity index (χ1) is 11.9. The summed E-state index contributed by atoms with van der Waals surface area (Å²) in [5.41, 5.74) is 1.98. The van der Waals surface area contributed by atoms with Crippen LogP contribution in [0.1, 0.15) is 17.5 Å². The number of halogens is 3. The van der Waals surface area contributed by atoms with Gasteiger partial charge in [0.25, 0.3) is 0 Å². The van der Waals surface area contributed by atoms with Gasteiger partial charge in [0.1, 0.15) is 17.6 Å². The maximum atomic E-state index is 12.6. The molecule has 1 aliphatic rings. The van der Waals surface area contributed by atoms with E-state index < -0.39 is 6.36 Å². The zero-order valence-electron chi connectivity index (χ0n) is 13.6. The van der Waals surface area contributed by atoms with Crippen LogP contribution in [0.4, 0.5) is 13.2 Å². The van der Waals surface area contributed by atoms with Gasteiger partial charge in [-0.3, -0.25) is 0 Å². The summed E-state index contributed by atoms with van der Waals surface area (Å²) >= 11 is 0. The zero-order chi connectivity index (χ0) is 17.9. The Labute approximate surface area is 144 Å². The average molecular weight is 346 g/mol. The predicted molar refractivity (Wildman–Crippen MR) is 90.5 cm³/mol. The Morgan fingerprint density at radius 3 is 2.44 bits per heavy atom. The van der Waals surface area contributed by atoms with Crippen LogP contribution in [0, 0.1) is 6.92 Å². The molecule has 1 unspecified atom stereocenters. The molecule has 0 aromatic heterocycles. The lowest BCUT2D eigenvalue weighted by atomic mass is 9.96. The van der Waals surface area contributed by atoms with E-state index in [1.165, 1.54) is 6.07 Å². The number of benzene rings is 2. The first-order valence-corrected chi connectivity index (χ1v) is 7.87. The normalized spacial score (nSPS) is 17.1. The third kappa shape index (κ3) is 4.66. The molecule has 0 fully saturated rings. The number of aryl methyl sites for hydroxylation is 1. The molecule has 1 atom stereocenters. The van der Waals surface area contributed by atoms with E-state index >= 15 is 0 Å². The van der Waals surface area contributed by atoms with Crippen LogP contribution in [0.3, 0.4) is 0 Å². The Hall–Kier alpha value is -2.69. The van der Waals surface area contributed by atoms with Gasteiger partial charge in [-0.2, -0.15) is 0 Å². The fraction of sp³-hybridized carbons (Fsp3) is 0.200. The van der Waals surface area contributed by atoms with Crippen LogP contribution in [-0.4, -0.2) is 12.5 Å². The van der Waals surface area contributed by atoms with E-state index in [-0.39, 0.29) is 11.9 Å². The molecule has 5 heteroatoms. The molecule has 3 rings (SSSR count). The zero-order valence-corrected chi connectivity index (χ0v) is 13.6. The minimum atomic E-state index is -4.72. The summed E-state index contributed by atoms with van der Waals surface area (Å²) < 4.78 is 47.8. The molecule has 0 saturated carbocycles. The smallest absolute Gasteiger partial charge is 0.486 e. The van der Waals surface area contributed by atoms with Crippen molar-refractivity contribution in [2.24, 2.45) is 0 Å². The Morgan fingerprint density at radius 2 is 1.80 bits per heavy atom. The molecular formula is C20H17F3O2. The van der Waals surface area contributed by atoms with Crippen LogP contribution in [0.25, 0.3) is 5.57 Å². The van der Waals surface area contributed by atoms with Crippen LogP contribution in [0.5, 0.6) is 11.5 Å². The summed E-state index contributed by atoms with van der Waals surface area (Å²) in [5, 5.41) is 0. The van der Waals surface area contributed by atoms with E-state index in [1.807, 2.05) is 49.4 Å². The maximum absolute atomic E-state index is 12.6. The maximum Gasteiger partial charge on any atom is 0.573 e. The van der Waals surface area contributed by atoms with Crippen molar-refractivity contribution in [2.75, 3.05) is 0 Å². The number of alkyl halides is 3. The predicted octanol–water partition coefficient (Wildman–Crippen LogP) is 5.68. The summed E-state index contributed by atoms with van der Waals surface area (Å²) in [7, 11) is 0. The van der Waals surface area contributed by atoms with Gasteiger partial charge < -0.3 is 9.47 Å². The van der Waals surface area contributed by atoms with Crippen LogP contribution in [0.2, 0.25) is 0 Å². The fourth-order valence-corrected chi connectivity index (χ4v) is 2.64. The Morgan fingerprint density at radius 1 is 1.04 bits per heavy atom. The van der Waals surface area contributed by atoms with Gasteiger partial charge in [-0.1, -0.05) is 42.0 Å². The second-order valence-electron chi connectivity index (χ2n) is 5.77. The monoisotopic (exact) mass is 346 g/mol. The second kappa shape index (κ2) is 7.05. The van der Waals surface area contributed by atoms with Gasteiger partial charge in [0.2, 0.25) is 0 Å². The van der Waals surface area contributed by atoms with E-state index in [9.17, 15) is 13.2 Å². The molecule has 2 aromatic rings. The molecule has 2 nitrogen and oxygen atoms in total. The minimum Gasteiger partial charge on any atom is -0.486 e. The van der Waals surface area contributed by atoms with Crippen molar-refractivity contribution in [1.29, 1.82) is 0 Å². The van der Waals surface area contributed by atoms with Crippen molar-refractivity contribution < 1.29 is 22.6 Å². The summed E-state index contributed by atoms with van der Waals surface area (Å²) in [6, 6.07) is 14.0. The number of hydrogen-bond acceptors (Lipinski definition) is 2. The number of rotatable bonds is 4. The highest BCUT2D eigenvalue weighted by molar-refractivity contribution is 5.79. The molecule has 0 bridgehead atoms. The van der Waals surface area contributed by atoms with E-state index in [0.717, 1.165) is 11.3 Å². The van der Waals surface area contributed by atoms with Crippen molar-refractivity contribution in [3.63, 3.8) is 0 Å². The van der Waals surface area contributed by atoms with Crippen molar-refractivity contribution >= 4 is 5.57 Å². The fourth-order valence-electron chi connectivity index (χ4n) is 2.64. The molecule has 0 radical (unpaired) electrons. The minimum absolute atomic E-state index is 0.150. The van der Waals surface area contributed by atoms with E-state index in [2.05, 4.69) is 4.74 Å². The van der Waals surface area contributed by atoms with Gasteiger partial charge in [-0.15, -0.1) is 13.2 Å². The summed E-state index contributed by atoms with van der Waals surface area (Å²) in [6.45, 7) is 1.83. The molecule has 0 saturated heterocycles. The standard InChI is InChI=1S/C20H17F3O2/c1-14-7-12-19(25-20(21,22)23)18(13-14)15-8-10-17(11-9-15)24-16-5-3-2-4-6-16/h2-10,12-13,17H,11H2,1H3. The Balaban J connectivity index is 1.77. The first kappa shape index (κ1) is 17.1. The van der Waals surface area contributed by atoms with Crippen molar-refractivity contribution in [3.8, 4) is 11.5 Å². The van der Waals surface area contributed by atoms with Crippen molar-refractivity contribution in [3.05, 3.63) is 77.9 Å². The van der Waals surface area contributed by atoms with E-state index in [0.29, 0.717) is 17.6 Å². The molecule has 0 heterocycles. The summed E-state index contributed by atoms with van der Waals surface area (Å²) in [5.74, 6) is 0.557. The molecule has 1 aliphatic carbocycles. The largest absolute Gasteiger partial charge is 0.573 e. The lowest BCUT2D eigenvalue weighted by Crippen LogP contribution is -2.18. The lowest BCUT2D eigenvalue weighted by Gasteiger charge is -2.20. The number of ether oxygens (including phenoxy) is 2. The number of para-hydroxylation sites is 1. The highest BCUT2D eigenvalue weighted by Gasteiger charge is 2.32. The van der Waals surface area contributed by atoms with Crippen LogP contribution in [0.15, 0.2) is 66.8 Å². The Bertz CT molecular complexity index is 792. The van der Waals surface area contributed by atoms with Crippen LogP contribution < -0.4 is 9.47 Å². The van der Waals surface area contributed by atoms with Crippen molar-refractivity contribution in [1.82, 2.24) is 0 Å². The number of hydrogen-bond donors (Lipinski definition) is 0. The summed E-state index contributed by atoms with van der Waals surface area (Å²) in [6.07, 6.45) is 1.19. The molecule has 0 aliphatic heterocycles.